The summed E-state index contributed by atoms with van der Waals surface area (Å²) in [7, 11) is 0. The zero-order chi connectivity index (χ0) is 9.80. The molecule has 1 atom stereocenters. The molecule has 1 N–H and O–H groups in total. The second-order valence-electron chi connectivity index (χ2n) is 3.36. The maximum Gasteiger partial charge on any atom is 0.127 e. The number of nitrogens with zero attached hydrogens (tertiary/aromatic N) is 1. The van der Waals surface area contributed by atoms with Gasteiger partial charge in [0.15, 0.2) is 0 Å². The van der Waals surface area contributed by atoms with Gasteiger partial charge in [-0.1, -0.05) is 6.07 Å². The summed E-state index contributed by atoms with van der Waals surface area (Å²) in [6, 6.07) is 5.95. The van der Waals surface area contributed by atoms with Crippen LogP contribution < -0.4 is 5.32 Å². The molecule has 0 aromatic carbocycles. The fraction of sp³-hybridized carbons (Fsp3) is 0.500. The highest BCUT2D eigenvalue weighted by molar-refractivity contribution is 9.10. The normalized spacial score (nSPS) is 21.1. The van der Waals surface area contributed by atoms with E-state index in [1.54, 1.807) is 0 Å². The molecule has 14 heavy (non-hydrogen) atoms. The lowest BCUT2D eigenvalue weighted by Crippen LogP contribution is -2.14. The first-order chi connectivity index (χ1) is 6.84. The summed E-state index contributed by atoms with van der Waals surface area (Å²) < 4.78 is 0.890. The number of aromatic nitrogens is 1. The first-order valence-electron chi connectivity index (χ1n) is 4.82. The number of anilines is 1. The first kappa shape index (κ1) is 10.3. The minimum atomic E-state index is 0.774. The SMILES string of the molecule is Brc1cccc(NCC2CCCS2)n1. The molecule has 0 bridgehead atoms. The Kier molecular flexibility index (Phi) is 3.70. The van der Waals surface area contributed by atoms with Crippen molar-refractivity contribution in [1.29, 1.82) is 0 Å². The average Bonchev–Trinajstić information content (AvgIpc) is 2.67. The Labute approximate surface area is 97.0 Å². The van der Waals surface area contributed by atoms with Gasteiger partial charge in [-0.05, 0) is 46.7 Å². The lowest BCUT2D eigenvalue weighted by atomic mass is 10.2. The zero-order valence-corrected chi connectivity index (χ0v) is 10.3. The molecule has 0 spiro atoms. The molecule has 1 aliphatic rings. The van der Waals surface area contributed by atoms with E-state index in [1.165, 1.54) is 18.6 Å². The van der Waals surface area contributed by atoms with Gasteiger partial charge in [-0.3, -0.25) is 0 Å². The van der Waals surface area contributed by atoms with Crippen molar-refractivity contribution in [2.75, 3.05) is 17.6 Å². The summed E-state index contributed by atoms with van der Waals surface area (Å²) in [6.45, 7) is 1.04. The Balaban J connectivity index is 1.85. The molecule has 2 nitrogen and oxygen atoms in total. The highest BCUT2D eigenvalue weighted by Crippen LogP contribution is 2.26. The van der Waals surface area contributed by atoms with Crippen LogP contribution in [0, 0.1) is 0 Å². The monoisotopic (exact) mass is 272 g/mol. The quantitative estimate of drug-likeness (QED) is 0.856. The third-order valence-electron chi connectivity index (χ3n) is 2.25. The number of pyridine rings is 1. The molecule has 1 aromatic rings. The molecule has 1 aliphatic heterocycles. The van der Waals surface area contributed by atoms with Crippen molar-refractivity contribution in [3.05, 3.63) is 22.8 Å². The molecule has 1 fully saturated rings. The fourth-order valence-corrected chi connectivity index (χ4v) is 3.08. The van der Waals surface area contributed by atoms with E-state index < -0.39 is 0 Å². The third kappa shape index (κ3) is 2.89. The van der Waals surface area contributed by atoms with Gasteiger partial charge in [-0.15, -0.1) is 0 Å². The molecular weight excluding hydrogens is 260 g/mol. The highest BCUT2D eigenvalue weighted by Gasteiger charge is 2.14. The van der Waals surface area contributed by atoms with Gasteiger partial charge in [0.2, 0.25) is 0 Å². The van der Waals surface area contributed by atoms with Gasteiger partial charge in [-0.2, -0.15) is 11.8 Å². The molecule has 1 saturated heterocycles. The van der Waals surface area contributed by atoms with Gasteiger partial charge in [-0.25, -0.2) is 4.98 Å². The number of rotatable bonds is 3. The van der Waals surface area contributed by atoms with Gasteiger partial charge in [0.1, 0.15) is 10.4 Å². The van der Waals surface area contributed by atoms with E-state index in [0.29, 0.717) is 0 Å². The van der Waals surface area contributed by atoms with E-state index >= 15 is 0 Å². The van der Waals surface area contributed by atoms with Crippen LogP contribution in [0.4, 0.5) is 5.82 Å². The van der Waals surface area contributed by atoms with E-state index in [0.717, 1.165) is 22.2 Å². The van der Waals surface area contributed by atoms with Crippen molar-refractivity contribution in [2.45, 2.75) is 18.1 Å². The number of thioether (sulfide) groups is 1. The Bertz CT molecular complexity index is 300. The standard InChI is InChI=1S/C10H13BrN2S/c11-9-4-1-5-10(13-9)12-7-8-3-2-6-14-8/h1,4-5,8H,2-3,6-7H2,(H,12,13). The van der Waals surface area contributed by atoms with Crippen LogP contribution in [0.25, 0.3) is 0 Å². The minimum Gasteiger partial charge on any atom is -0.369 e. The van der Waals surface area contributed by atoms with Crippen LogP contribution in [-0.2, 0) is 0 Å². The molecule has 2 rings (SSSR count). The van der Waals surface area contributed by atoms with E-state index in [-0.39, 0.29) is 0 Å². The smallest absolute Gasteiger partial charge is 0.127 e. The lowest BCUT2D eigenvalue weighted by Gasteiger charge is -2.10. The lowest BCUT2D eigenvalue weighted by molar-refractivity contribution is 0.803. The Morgan fingerprint density at radius 2 is 2.50 bits per heavy atom. The topological polar surface area (TPSA) is 24.9 Å². The van der Waals surface area contributed by atoms with Gasteiger partial charge in [0, 0.05) is 11.8 Å². The van der Waals surface area contributed by atoms with Gasteiger partial charge >= 0.3 is 0 Å². The van der Waals surface area contributed by atoms with Gasteiger partial charge in [0.05, 0.1) is 0 Å². The molecular formula is C10H13BrN2S. The van der Waals surface area contributed by atoms with Crippen LogP contribution in [0.5, 0.6) is 0 Å². The zero-order valence-electron chi connectivity index (χ0n) is 7.87. The average molecular weight is 273 g/mol. The molecule has 2 heterocycles. The Hall–Kier alpha value is -0.220. The van der Waals surface area contributed by atoms with Crippen molar-refractivity contribution in [3.63, 3.8) is 0 Å². The number of hydrogen-bond donors (Lipinski definition) is 1. The minimum absolute atomic E-state index is 0.774. The number of halogens is 1. The summed E-state index contributed by atoms with van der Waals surface area (Å²) in [5.41, 5.74) is 0. The predicted octanol–water partition coefficient (Wildman–Crippen LogP) is 3.15. The van der Waals surface area contributed by atoms with E-state index in [2.05, 4.69) is 38.0 Å². The highest BCUT2D eigenvalue weighted by atomic mass is 79.9. The number of hydrogen-bond acceptors (Lipinski definition) is 3. The van der Waals surface area contributed by atoms with Crippen LogP contribution >= 0.6 is 27.7 Å². The maximum absolute atomic E-state index is 4.33. The summed E-state index contributed by atoms with van der Waals surface area (Å²) in [5.74, 6) is 2.28. The van der Waals surface area contributed by atoms with Crippen molar-refractivity contribution in [1.82, 2.24) is 4.98 Å². The predicted molar refractivity (Wildman–Crippen MR) is 65.9 cm³/mol. The second kappa shape index (κ2) is 5.03. The largest absolute Gasteiger partial charge is 0.369 e. The molecule has 76 valence electrons. The van der Waals surface area contributed by atoms with Crippen LogP contribution in [-0.4, -0.2) is 22.5 Å². The Morgan fingerprint density at radius 1 is 1.57 bits per heavy atom. The third-order valence-corrected chi connectivity index (χ3v) is 4.09. The number of nitrogens with one attached hydrogen (secondary N) is 1. The maximum atomic E-state index is 4.33. The van der Waals surface area contributed by atoms with Crippen LogP contribution in [0.1, 0.15) is 12.8 Å². The second-order valence-corrected chi connectivity index (χ2v) is 5.58. The molecule has 4 heteroatoms. The van der Waals surface area contributed by atoms with Crippen LogP contribution in [0.15, 0.2) is 22.8 Å². The van der Waals surface area contributed by atoms with Crippen LogP contribution in [0.3, 0.4) is 0 Å². The van der Waals surface area contributed by atoms with Crippen molar-refractivity contribution < 1.29 is 0 Å². The molecule has 0 saturated carbocycles. The summed E-state index contributed by atoms with van der Waals surface area (Å²) in [5, 5.41) is 4.14. The Morgan fingerprint density at radius 3 is 3.21 bits per heavy atom. The first-order valence-corrected chi connectivity index (χ1v) is 6.67. The summed E-state index contributed by atoms with van der Waals surface area (Å²) in [4.78, 5) is 4.33. The van der Waals surface area contributed by atoms with E-state index in [1.807, 2.05) is 18.2 Å². The van der Waals surface area contributed by atoms with Crippen molar-refractivity contribution in [3.8, 4) is 0 Å². The molecule has 0 radical (unpaired) electrons. The van der Waals surface area contributed by atoms with Gasteiger partial charge in [0.25, 0.3) is 0 Å². The van der Waals surface area contributed by atoms with Crippen molar-refractivity contribution >= 4 is 33.5 Å². The van der Waals surface area contributed by atoms with Gasteiger partial charge < -0.3 is 5.32 Å². The van der Waals surface area contributed by atoms with Crippen LogP contribution in [0.2, 0.25) is 0 Å². The van der Waals surface area contributed by atoms with E-state index in [9.17, 15) is 0 Å². The molecule has 1 aromatic heterocycles. The summed E-state index contributed by atoms with van der Waals surface area (Å²) in [6.07, 6.45) is 2.70. The molecule has 0 aliphatic carbocycles. The van der Waals surface area contributed by atoms with E-state index in [4.69, 9.17) is 0 Å². The fourth-order valence-electron chi connectivity index (χ4n) is 1.53. The summed E-state index contributed by atoms with van der Waals surface area (Å²) >= 11 is 5.42. The molecule has 1 unspecified atom stereocenters. The van der Waals surface area contributed by atoms with Crippen molar-refractivity contribution in [2.24, 2.45) is 0 Å². The molecule has 0 amide bonds.